The number of halogens is 2. The fourth-order valence-electron chi connectivity index (χ4n) is 4.70. The first kappa shape index (κ1) is 33.3. The molecule has 0 radical (unpaired) electrons. The van der Waals surface area contributed by atoms with Gasteiger partial charge in [-0.3, -0.25) is 18.4 Å². The summed E-state index contributed by atoms with van der Waals surface area (Å²) in [6.45, 7) is 3.56. The Kier molecular flexibility index (Phi) is 9.35. The number of carbonyl (C=O) groups excluding carboxylic acids is 1. The minimum absolute atomic E-state index is 0.0662. The van der Waals surface area contributed by atoms with E-state index in [9.17, 15) is 13.9 Å². The van der Waals surface area contributed by atoms with E-state index >= 15 is 4.39 Å². The summed E-state index contributed by atoms with van der Waals surface area (Å²) in [6.07, 6.45) is -2.80. The predicted molar refractivity (Wildman–Crippen MR) is 158 cm³/mol. The van der Waals surface area contributed by atoms with Crippen LogP contribution in [0, 0.1) is 0 Å². The van der Waals surface area contributed by atoms with Gasteiger partial charge in [0.15, 0.2) is 23.1 Å². The van der Waals surface area contributed by atoms with Crippen LogP contribution in [-0.2, 0) is 32.4 Å². The Morgan fingerprint density at radius 1 is 1.33 bits per heavy atom. The van der Waals surface area contributed by atoms with Gasteiger partial charge in [-0.2, -0.15) is 9.97 Å². The number of rotatable bonds is 11. The zero-order chi connectivity index (χ0) is 32.7. The van der Waals surface area contributed by atoms with Gasteiger partial charge in [-0.25, -0.2) is 23.6 Å². The summed E-state index contributed by atoms with van der Waals surface area (Å²) < 4.78 is 82.5. The minimum atomic E-state index is -4.43. The number of ether oxygens (including phenoxy) is 3. The van der Waals surface area contributed by atoms with Crippen molar-refractivity contribution in [3.8, 4) is 17.4 Å². The number of aromatic nitrogens is 4. The molecule has 2 aliphatic heterocycles. The van der Waals surface area contributed by atoms with Crippen molar-refractivity contribution in [2.45, 2.75) is 70.9 Å². The Bertz CT molecular complexity index is 1680. The number of hydrogen-bond donors (Lipinski definition) is 2. The highest BCUT2D eigenvalue weighted by Crippen LogP contribution is 2.60. The molecule has 2 fully saturated rings. The molecule has 3 aromatic rings. The van der Waals surface area contributed by atoms with Gasteiger partial charge in [0.1, 0.15) is 29.7 Å². The van der Waals surface area contributed by atoms with E-state index in [1.165, 1.54) is 49.0 Å². The standard InChI is InChI=1S/C25H32ClFN6O10P2/c1-6-37-21-18-20(30-24(28)31-21)33(12-29-18)23-25(5,27)19-17(40-23)11-38-45(36,43-19)42-16-9-7-8-15(10-16)41-44(26,35)32-14(4)22(34)39-13(2)3/h7-10,12-14,17,19,23H,6,11H2,1-5H3,(H,32,35)(H2,28,30,31). The normalized spacial score (nSPS) is 28.3. The summed E-state index contributed by atoms with van der Waals surface area (Å²) in [5, 5.41) is 2.39. The maximum absolute atomic E-state index is 16.5. The third kappa shape index (κ3) is 7.19. The summed E-state index contributed by atoms with van der Waals surface area (Å²) >= 11 is 6.02. The molecule has 16 nitrogen and oxygen atoms in total. The van der Waals surface area contributed by atoms with Crippen molar-refractivity contribution in [1.29, 1.82) is 0 Å². The molecule has 1 aromatic carbocycles. The lowest BCUT2D eigenvalue weighted by molar-refractivity contribution is -0.149. The average Bonchev–Trinajstić information content (AvgIpc) is 3.45. The summed E-state index contributed by atoms with van der Waals surface area (Å²) in [5.74, 6) is -0.824. The SMILES string of the molecule is CCOc1nc(N)nc2c1ncn2C1OC2COP(=O)(Oc3cccc(OP(=O)(Cl)NC(C)C(=O)OC(C)C)c3)OC2C1(C)F. The smallest absolute Gasteiger partial charge is 0.476 e. The minimum Gasteiger partial charge on any atom is -0.476 e. The molecular weight excluding hydrogens is 661 g/mol. The van der Waals surface area contributed by atoms with Gasteiger partial charge in [-0.1, -0.05) is 6.07 Å². The Labute approximate surface area is 261 Å². The quantitative estimate of drug-likeness (QED) is 0.207. The fourth-order valence-corrected chi connectivity index (χ4v) is 7.87. The van der Waals surface area contributed by atoms with E-state index < -0.39 is 50.8 Å². The molecule has 7 atom stereocenters. The average molecular weight is 693 g/mol. The van der Waals surface area contributed by atoms with Crippen LogP contribution in [0.4, 0.5) is 10.3 Å². The number of fused-ring (bicyclic) bond motifs is 2. The fraction of sp³-hybridized carbons (Fsp3) is 0.520. The van der Waals surface area contributed by atoms with Gasteiger partial charge in [0.2, 0.25) is 11.8 Å². The van der Waals surface area contributed by atoms with Crippen molar-refractivity contribution in [2.75, 3.05) is 18.9 Å². The van der Waals surface area contributed by atoms with Crippen molar-refractivity contribution in [2.24, 2.45) is 0 Å². The van der Waals surface area contributed by atoms with Crippen LogP contribution >= 0.6 is 25.9 Å². The van der Waals surface area contributed by atoms with Crippen molar-refractivity contribution in [3.05, 3.63) is 30.6 Å². The number of alkyl halides is 1. The molecule has 0 amide bonds. The van der Waals surface area contributed by atoms with Gasteiger partial charge in [0.25, 0.3) is 0 Å². The van der Waals surface area contributed by atoms with Gasteiger partial charge >= 0.3 is 20.7 Å². The number of nitrogens with one attached hydrogen (secondary N) is 1. The molecular formula is C25H32ClFN6O10P2. The highest BCUT2D eigenvalue weighted by Gasteiger charge is 2.62. The van der Waals surface area contributed by atoms with E-state index in [4.69, 9.17) is 49.3 Å². The molecule has 0 saturated carbocycles. The van der Waals surface area contributed by atoms with Crippen molar-refractivity contribution >= 4 is 49.0 Å². The summed E-state index contributed by atoms with van der Waals surface area (Å²) in [6, 6.07) is 4.38. The molecule has 2 saturated heterocycles. The van der Waals surface area contributed by atoms with Crippen LogP contribution in [0.2, 0.25) is 0 Å². The molecule has 5 rings (SSSR count). The molecule has 4 heterocycles. The number of phosphoric ester groups is 1. The van der Waals surface area contributed by atoms with Crippen LogP contribution in [0.1, 0.15) is 40.8 Å². The zero-order valence-corrected chi connectivity index (χ0v) is 27.3. The van der Waals surface area contributed by atoms with Crippen molar-refractivity contribution in [1.82, 2.24) is 24.6 Å². The third-order valence-corrected chi connectivity index (χ3v) is 9.59. The van der Waals surface area contributed by atoms with Crippen LogP contribution in [0.25, 0.3) is 11.2 Å². The lowest BCUT2D eigenvalue weighted by atomic mass is 9.98. The third-order valence-electron chi connectivity index (χ3n) is 6.56. The van der Waals surface area contributed by atoms with Crippen LogP contribution in [-0.4, -0.2) is 68.7 Å². The topological polar surface area (TPSA) is 197 Å². The number of carbonyl (C=O) groups is 1. The number of nitrogens with zero attached hydrogens (tertiary/aromatic N) is 4. The number of benzene rings is 1. The number of hydrogen-bond acceptors (Lipinski definition) is 14. The molecule has 2 aliphatic rings. The maximum atomic E-state index is 16.5. The first-order valence-corrected chi connectivity index (χ1v) is 17.8. The van der Waals surface area contributed by atoms with E-state index in [1.54, 1.807) is 20.8 Å². The first-order chi connectivity index (χ1) is 21.1. The van der Waals surface area contributed by atoms with Crippen molar-refractivity contribution < 1.29 is 50.6 Å². The second-order valence-electron chi connectivity index (χ2n) is 10.6. The molecule has 0 spiro atoms. The molecule has 2 aromatic heterocycles. The van der Waals surface area contributed by atoms with E-state index in [0.29, 0.717) is 0 Å². The molecule has 246 valence electrons. The number of phosphoric acid groups is 1. The van der Waals surface area contributed by atoms with E-state index in [0.717, 1.165) is 0 Å². The van der Waals surface area contributed by atoms with Gasteiger partial charge < -0.3 is 29.0 Å². The Morgan fingerprint density at radius 3 is 2.78 bits per heavy atom. The number of anilines is 1. The lowest BCUT2D eigenvalue weighted by Crippen LogP contribution is -2.45. The molecule has 45 heavy (non-hydrogen) atoms. The number of nitrogens with two attached hydrogens (primary N) is 1. The molecule has 0 aliphatic carbocycles. The van der Waals surface area contributed by atoms with E-state index in [1.807, 2.05) is 0 Å². The predicted octanol–water partition coefficient (Wildman–Crippen LogP) is 4.69. The Hall–Kier alpha value is -3.04. The summed E-state index contributed by atoms with van der Waals surface area (Å²) in [4.78, 5) is 24.5. The molecule has 20 heteroatoms. The Balaban J connectivity index is 1.29. The van der Waals surface area contributed by atoms with Gasteiger partial charge in [-0.05, 0) is 46.8 Å². The van der Waals surface area contributed by atoms with E-state index in [2.05, 4.69) is 20.0 Å². The van der Waals surface area contributed by atoms with Gasteiger partial charge in [0, 0.05) is 17.3 Å². The second-order valence-corrected chi connectivity index (χ2v) is 14.8. The maximum Gasteiger partial charge on any atom is 0.530 e. The van der Waals surface area contributed by atoms with Gasteiger partial charge in [0.05, 0.1) is 25.6 Å². The van der Waals surface area contributed by atoms with Crippen LogP contribution in [0.3, 0.4) is 0 Å². The van der Waals surface area contributed by atoms with Crippen molar-refractivity contribution in [3.63, 3.8) is 0 Å². The highest BCUT2D eigenvalue weighted by atomic mass is 35.7. The van der Waals surface area contributed by atoms with E-state index in [-0.39, 0.29) is 53.8 Å². The summed E-state index contributed by atoms with van der Waals surface area (Å²) in [5.41, 5.74) is 3.95. The first-order valence-electron chi connectivity index (χ1n) is 13.8. The number of imidazole rings is 1. The number of esters is 1. The Morgan fingerprint density at radius 2 is 2.07 bits per heavy atom. The van der Waals surface area contributed by atoms with Crippen LogP contribution in [0.5, 0.6) is 17.4 Å². The second kappa shape index (κ2) is 12.6. The molecule has 0 bridgehead atoms. The number of nitrogen functional groups attached to an aromatic ring is 1. The largest absolute Gasteiger partial charge is 0.530 e. The van der Waals surface area contributed by atoms with Gasteiger partial charge in [-0.15, -0.1) is 0 Å². The summed E-state index contributed by atoms with van der Waals surface area (Å²) in [7, 11) is -4.43. The molecule has 3 N–H and O–H groups in total. The highest BCUT2D eigenvalue weighted by molar-refractivity contribution is 7.84. The molecule has 7 unspecified atom stereocenters. The van der Waals surface area contributed by atoms with Crippen LogP contribution < -0.4 is 24.6 Å². The zero-order valence-electron chi connectivity index (χ0n) is 24.8. The lowest BCUT2D eigenvalue weighted by Gasteiger charge is -2.33. The van der Waals surface area contributed by atoms with Crippen LogP contribution in [0.15, 0.2) is 30.6 Å². The monoisotopic (exact) mass is 692 g/mol.